The van der Waals surface area contributed by atoms with Crippen molar-refractivity contribution in [3.63, 3.8) is 0 Å². The van der Waals surface area contributed by atoms with Crippen LogP contribution in [0.1, 0.15) is 17.2 Å². The summed E-state index contributed by atoms with van der Waals surface area (Å²) in [5, 5.41) is 13.0. The van der Waals surface area contributed by atoms with E-state index in [4.69, 9.17) is 4.74 Å². The maximum absolute atomic E-state index is 13.8. The number of phenolic OH excluding ortho intramolecular Hbond substituents is 1. The first-order valence-electron chi connectivity index (χ1n) is 10.7. The first kappa shape index (κ1) is 21.8. The van der Waals surface area contributed by atoms with Crippen molar-refractivity contribution in [3.8, 4) is 5.75 Å². The van der Waals surface area contributed by atoms with Crippen LogP contribution in [0, 0.1) is 17.7 Å². The van der Waals surface area contributed by atoms with Crippen LogP contribution in [-0.4, -0.2) is 30.0 Å². The molecule has 2 heterocycles. The number of benzene rings is 3. The molecule has 7 nitrogen and oxygen atoms in total. The highest BCUT2D eigenvalue weighted by atomic mass is 19.1. The molecule has 2 aliphatic rings. The predicted molar refractivity (Wildman–Crippen MR) is 120 cm³/mol. The first-order chi connectivity index (χ1) is 16.4. The molecule has 4 atom stereocenters. The number of amides is 2. The van der Waals surface area contributed by atoms with Crippen molar-refractivity contribution in [2.75, 3.05) is 12.0 Å². The van der Waals surface area contributed by atoms with E-state index in [0.29, 0.717) is 11.1 Å². The Hall–Kier alpha value is -4.04. The van der Waals surface area contributed by atoms with E-state index in [1.807, 2.05) is 0 Å². The fourth-order valence-electron chi connectivity index (χ4n) is 5.15. The number of hydrogen-bond acceptors (Lipinski definition) is 6. The summed E-state index contributed by atoms with van der Waals surface area (Å²) < 4.78 is 18.7. The largest absolute Gasteiger partial charge is 0.508 e. The molecule has 5 rings (SSSR count). The molecule has 0 bridgehead atoms. The minimum absolute atomic E-state index is 0.0438. The second kappa shape index (κ2) is 8.07. The summed E-state index contributed by atoms with van der Waals surface area (Å²) in [4.78, 5) is 42.0. The molecule has 0 aliphatic carbocycles. The van der Waals surface area contributed by atoms with Crippen molar-refractivity contribution in [1.82, 2.24) is 5.32 Å². The van der Waals surface area contributed by atoms with Crippen molar-refractivity contribution >= 4 is 23.5 Å². The highest BCUT2D eigenvalue weighted by Gasteiger charge is 2.69. The molecule has 0 radical (unpaired) electrons. The molecule has 3 aromatic carbocycles. The van der Waals surface area contributed by atoms with Crippen molar-refractivity contribution in [2.24, 2.45) is 11.8 Å². The number of carbonyl (C=O) groups is 3. The van der Waals surface area contributed by atoms with Crippen LogP contribution < -0.4 is 10.2 Å². The number of phenols is 1. The number of aromatic hydroxyl groups is 1. The number of nitrogens with one attached hydrogen (secondary N) is 1. The van der Waals surface area contributed by atoms with E-state index < -0.39 is 47.0 Å². The molecular weight excluding hydrogens is 439 g/mol. The highest BCUT2D eigenvalue weighted by molar-refractivity contribution is 6.24. The number of esters is 1. The second-order valence-electron chi connectivity index (χ2n) is 8.37. The van der Waals surface area contributed by atoms with Crippen LogP contribution in [0.4, 0.5) is 10.1 Å². The van der Waals surface area contributed by atoms with E-state index in [1.165, 1.54) is 43.5 Å². The molecule has 0 unspecified atom stereocenters. The number of nitrogens with zero attached hydrogens (tertiary/aromatic N) is 1. The van der Waals surface area contributed by atoms with Crippen LogP contribution in [0.15, 0.2) is 78.9 Å². The van der Waals surface area contributed by atoms with Crippen LogP contribution in [0.2, 0.25) is 0 Å². The zero-order valence-electron chi connectivity index (χ0n) is 18.1. The molecule has 2 fully saturated rings. The van der Waals surface area contributed by atoms with Crippen molar-refractivity contribution in [3.05, 3.63) is 95.8 Å². The number of fused-ring (bicyclic) bond motifs is 1. The standard InChI is InChI=1S/C26H21FN2O5/c1-34-25(33)26(16-5-3-2-4-6-16)21-20(22(28-26)15-7-13-19(30)14-8-15)23(31)29(24(21)32)18-11-9-17(27)10-12-18/h2-14,20-22,28,30H,1H3/t20-,21-,22-,26-/m0/s1. The molecular formula is C26H21FN2O5. The average Bonchev–Trinajstić information content (AvgIpc) is 3.35. The lowest BCUT2D eigenvalue weighted by atomic mass is 9.75. The predicted octanol–water partition coefficient (Wildman–Crippen LogP) is 3.05. The molecule has 0 saturated carbocycles. The number of rotatable bonds is 4. The molecule has 3 aromatic rings. The van der Waals surface area contributed by atoms with Gasteiger partial charge in [-0.05, 0) is 47.5 Å². The van der Waals surface area contributed by atoms with Crippen LogP contribution >= 0.6 is 0 Å². The Bertz CT molecular complexity index is 1260. The lowest BCUT2D eigenvalue weighted by molar-refractivity contribution is -0.152. The number of halogens is 1. The summed E-state index contributed by atoms with van der Waals surface area (Å²) in [7, 11) is 1.23. The lowest BCUT2D eigenvalue weighted by Crippen LogP contribution is -2.53. The van der Waals surface area contributed by atoms with E-state index in [1.54, 1.807) is 42.5 Å². The maximum atomic E-state index is 13.8. The second-order valence-corrected chi connectivity index (χ2v) is 8.37. The third-order valence-electron chi connectivity index (χ3n) is 6.63. The molecule has 0 spiro atoms. The molecule has 2 amide bonds. The fraction of sp³-hybridized carbons (Fsp3) is 0.192. The lowest BCUT2D eigenvalue weighted by Gasteiger charge is -2.33. The van der Waals surface area contributed by atoms with Crippen molar-refractivity contribution < 1.29 is 28.6 Å². The van der Waals surface area contributed by atoms with Gasteiger partial charge in [0.05, 0.1) is 24.6 Å². The molecule has 2 N–H and O–H groups in total. The topological polar surface area (TPSA) is 95.9 Å². The Morgan fingerprint density at radius 1 is 0.971 bits per heavy atom. The quantitative estimate of drug-likeness (QED) is 0.459. The van der Waals surface area contributed by atoms with Gasteiger partial charge in [-0.1, -0.05) is 42.5 Å². The zero-order valence-corrected chi connectivity index (χ0v) is 18.1. The summed E-state index contributed by atoms with van der Waals surface area (Å²) in [6.45, 7) is 0. The fourth-order valence-corrected chi connectivity index (χ4v) is 5.15. The van der Waals surface area contributed by atoms with Gasteiger partial charge in [0.2, 0.25) is 11.8 Å². The Kier molecular flexibility index (Phi) is 5.17. The summed E-state index contributed by atoms with van der Waals surface area (Å²) in [5.41, 5.74) is -0.302. The summed E-state index contributed by atoms with van der Waals surface area (Å²) in [6, 6.07) is 19.2. The van der Waals surface area contributed by atoms with Crippen LogP contribution in [0.5, 0.6) is 5.75 Å². The highest BCUT2D eigenvalue weighted by Crippen LogP contribution is 2.54. The molecule has 34 heavy (non-hydrogen) atoms. The van der Waals surface area contributed by atoms with Crippen LogP contribution in [-0.2, 0) is 24.7 Å². The van der Waals surface area contributed by atoms with Gasteiger partial charge in [-0.2, -0.15) is 0 Å². The number of methoxy groups -OCH3 is 1. The van der Waals surface area contributed by atoms with Gasteiger partial charge in [0.25, 0.3) is 0 Å². The molecule has 2 saturated heterocycles. The van der Waals surface area contributed by atoms with Gasteiger partial charge >= 0.3 is 5.97 Å². The summed E-state index contributed by atoms with van der Waals surface area (Å²) >= 11 is 0. The van der Waals surface area contributed by atoms with Gasteiger partial charge in [-0.25, -0.2) is 14.1 Å². The van der Waals surface area contributed by atoms with Gasteiger partial charge in [0.15, 0.2) is 5.54 Å². The van der Waals surface area contributed by atoms with Gasteiger partial charge in [-0.3, -0.25) is 14.9 Å². The SMILES string of the molecule is COC(=O)[C@@]1(c2ccccc2)N[C@@H](c2ccc(O)cc2)[C@H]2C(=O)N(c3ccc(F)cc3)C(=O)[C@H]21. The Balaban J connectivity index is 1.72. The molecule has 172 valence electrons. The minimum Gasteiger partial charge on any atom is -0.508 e. The van der Waals surface area contributed by atoms with E-state index in [0.717, 1.165) is 4.90 Å². The van der Waals surface area contributed by atoms with Crippen molar-refractivity contribution in [2.45, 2.75) is 11.6 Å². The molecule has 8 heteroatoms. The Morgan fingerprint density at radius 2 is 1.62 bits per heavy atom. The third kappa shape index (κ3) is 3.10. The number of hydrogen-bond donors (Lipinski definition) is 2. The van der Waals surface area contributed by atoms with Gasteiger partial charge < -0.3 is 9.84 Å². The zero-order chi connectivity index (χ0) is 24.0. The van der Waals surface area contributed by atoms with Crippen LogP contribution in [0.3, 0.4) is 0 Å². The third-order valence-corrected chi connectivity index (χ3v) is 6.63. The van der Waals surface area contributed by atoms with E-state index in [2.05, 4.69) is 5.32 Å². The number of ether oxygens (including phenoxy) is 1. The summed E-state index contributed by atoms with van der Waals surface area (Å²) in [5.74, 6) is -4.29. The van der Waals surface area contributed by atoms with Gasteiger partial charge in [0.1, 0.15) is 11.6 Å². The van der Waals surface area contributed by atoms with E-state index in [9.17, 15) is 23.9 Å². The minimum atomic E-state index is -1.63. The smallest absolute Gasteiger partial charge is 0.331 e. The van der Waals surface area contributed by atoms with E-state index in [-0.39, 0.29) is 11.4 Å². The Morgan fingerprint density at radius 3 is 2.24 bits per heavy atom. The summed E-state index contributed by atoms with van der Waals surface area (Å²) in [6.07, 6.45) is 0. The maximum Gasteiger partial charge on any atom is 0.331 e. The van der Waals surface area contributed by atoms with Gasteiger partial charge in [-0.15, -0.1) is 0 Å². The normalized spacial score (nSPS) is 25.9. The van der Waals surface area contributed by atoms with Crippen molar-refractivity contribution in [1.29, 1.82) is 0 Å². The van der Waals surface area contributed by atoms with E-state index >= 15 is 0 Å². The molecule has 2 aliphatic heterocycles. The number of imide groups is 1. The van der Waals surface area contributed by atoms with Gasteiger partial charge in [0, 0.05) is 6.04 Å². The number of carbonyl (C=O) groups excluding carboxylic acids is 3. The monoisotopic (exact) mass is 460 g/mol. The number of anilines is 1. The van der Waals surface area contributed by atoms with Crippen LogP contribution in [0.25, 0.3) is 0 Å². The molecule has 0 aromatic heterocycles. The average molecular weight is 460 g/mol. The first-order valence-corrected chi connectivity index (χ1v) is 10.7. The Labute approximate surface area is 194 Å².